The van der Waals surface area contributed by atoms with Crippen LogP contribution >= 0.6 is 0 Å². The Morgan fingerprint density at radius 1 is 1.05 bits per heavy atom. The van der Waals surface area contributed by atoms with Gasteiger partial charge in [-0.1, -0.05) is 41.1 Å². The molecule has 0 bridgehead atoms. The first-order valence-corrected chi connectivity index (χ1v) is 14.4. The molecule has 2 N–H and O–H groups in total. The summed E-state index contributed by atoms with van der Waals surface area (Å²) in [5.41, 5.74) is 7.51. The molecule has 1 unspecified atom stereocenters. The smallest absolute Gasteiger partial charge is 0.243 e. The number of fused-ring (bicyclic) bond motifs is 1. The molecule has 4 atom stereocenters. The molecule has 2 aromatic heterocycles. The predicted molar refractivity (Wildman–Crippen MR) is 157 cm³/mol. The van der Waals surface area contributed by atoms with Crippen molar-refractivity contribution in [3.05, 3.63) is 88.7 Å². The summed E-state index contributed by atoms with van der Waals surface area (Å²) in [7, 11) is 1.86. The maximum Gasteiger partial charge on any atom is 0.243 e. The molecule has 9 nitrogen and oxygen atoms in total. The van der Waals surface area contributed by atoms with Crippen molar-refractivity contribution in [1.82, 2.24) is 35.5 Å². The number of carbonyl (C=O) groups excluding carboxylic acids is 2. The zero-order valence-corrected chi connectivity index (χ0v) is 23.9. The van der Waals surface area contributed by atoms with Crippen LogP contribution in [0.1, 0.15) is 46.6 Å². The van der Waals surface area contributed by atoms with Crippen LogP contribution in [0, 0.1) is 19.8 Å². The second-order valence-corrected chi connectivity index (χ2v) is 11.7. The quantitative estimate of drug-likeness (QED) is 0.366. The first-order chi connectivity index (χ1) is 19.9. The van der Waals surface area contributed by atoms with Gasteiger partial charge in [-0.3, -0.25) is 14.6 Å². The molecule has 0 spiro atoms. The molecular formula is C32H37N7O2. The molecule has 2 aromatic carbocycles. The highest BCUT2D eigenvalue weighted by Crippen LogP contribution is 2.32. The molecule has 41 heavy (non-hydrogen) atoms. The van der Waals surface area contributed by atoms with Crippen molar-refractivity contribution in [3.8, 4) is 0 Å². The van der Waals surface area contributed by atoms with Crippen LogP contribution in [0.15, 0.2) is 60.9 Å². The summed E-state index contributed by atoms with van der Waals surface area (Å²) in [6.45, 7) is 5.84. The van der Waals surface area contributed by atoms with Crippen molar-refractivity contribution >= 4 is 22.8 Å². The van der Waals surface area contributed by atoms with Crippen LogP contribution in [-0.2, 0) is 29.6 Å². The molecule has 9 heteroatoms. The van der Waals surface area contributed by atoms with Crippen molar-refractivity contribution in [3.63, 3.8) is 0 Å². The SMILES string of the molecule is Cc1ccc(C[C@@H]2C[C@@H](C(=O)NCc3ccc4c(c3)nnn4C)N(C(=O)[C@H]3CC(c4cnccc4C)CN3)C2)cc1. The molecule has 0 aliphatic carbocycles. The lowest BCUT2D eigenvalue weighted by molar-refractivity contribution is -0.139. The van der Waals surface area contributed by atoms with E-state index in [1.807, 2.05) is 42.4 Å². The molecule has 2 amide bonds. The Bertz CT molecular complexity index is 1560. The third kappa shape index (κ3) is 5.72. The Morgan fingerprint density at radius 3 is 2.66 bits per heavy atom. The third-order valence-electron chi connectivity index (χ3n) is 8.71. The van der Waals surface area contributed by atoms with E-state index < -0.39 is 6.04 Å². The van der Waals surface area contributed by atoms with Gasteiger partial charge in [-0.05, 0) is 79.5 Å². The van der Waals surface area contributed by atoms with Gasteiger partial charge in [0.05, 0.1) is 11.6 Å². The Morgan fingerprint density at radius 2 is 1.85 bits per heavy atom. The van der Waals surface area contributed by atoms with E-state index in [1.54, 1.807) is 10.9 Å². The highest BCUT2D eigenvalue weighted by molar-refractivity contribution is 5.90. The molecule has 2 aliphatic rings. The second kappa shape index (κ2) is 11.4. The monoisotopic (exact) mass is 551 g/mol. The van der Waals surface area contributed by atoms with Crippen LogP contribution in [0.2, 0.25) is 0 Å². The first-order valence-electron chi connectivity index (χ1n) is 14.4. The van der Waals surface area contributed by atoms with Gasteiger partial charge in [-0.15, -0.1) is 5.10 Å². The number of carbonyl (C=O) groups is 2. The van der Waals surface area contributed by atoms with E-state index in [-0.39, 0.29) is 29.7 Å². The van der Waals surface area contributed by atoms with Crippen LogP contribution in [-0.4, -0.2) is 61.9 Å². The number of hydrogen-bond donors (Lipinski definition) is 2. The van der Waals surface area contributed by atoms with Gasteiger partial charge in [0.1, 0.15) is 11.6 Å². The number of benzene rings is 2. The lowest BCUT2D eigenvalue weighted by Gasteiger charge is -2.27. The fraction of sp³-hybridized carbons (Fsp3) is 0.406. The van der Waals surface area contributed by atoms with Gasteiger partial charge >= 0.3 is 0 Å². The minimum atomic E-state index is -0.501. The number of nitrogens with one attached hydrogen (secondary N) is 2. The minimum Gasteiger partial charge on any atom is -0.350 e. The predicted octanol–water partition coefficient (Wildman–Crippen LogP) is 3.20. The third-order valence-corrected chi connectivity index (χ3v) is 8.71. The summed E-state index contributed by atoms with van der Waals surface area (Å²) in [5, 5.41) is 14.8. The van der Waals surface area contributed by atoms with Crippen LogP contribution in [0.4, 0.5) is 0 Å². The van der Waals surface area contributed by atoms with Crippen LogP contribution < -0.4 is 10.6 Å². The molecule has 4 aromatic rings. The Hall–Kier alpha value is -4.11. The normalized spacial score (nSPS) is 22.4. The number of aromatic nitrogens is 4. The van der Waals surface area contributed by atoms with Gasteiger partial charge in [-0.25, -0.2) is 4.68 Å². The van der Waals surface area contributed by atoms with Crippen LogP contribution in [0.5, 0.6) is 0 Å². The number of rotatable bonds is 7. The molecule has 2 saturated heterocycles. The Balaban J connectivity index is 1.17. The Kier molecular flexibility index (Phi) is 7.53. The molecule has 212 valence electrons. The van der Waals surface area contributed by atoms with E-state index in [0.29, 0.717) is 25.9 Å². The van der Waals surface area contributed by atoms with Gasteiger partial charge in [0.2, 0.25) is 11.8 Å². The highest BCUT2D eigenvalue weighted by Gasteiger charge is 2.43. The van der Waals surface area contributed by atoms with E-state index in [2.05, 4.69) is 64.0 Å². The van der Waals surface area contributed by atoms with Gasteiger partial charge in [-0.2, -0.15) is 0 Å². The van der Waals surface area contributed by atoms with E-state index >= 15 is 0 Å². The fourth-order valence-electron chi connectivity index (χ4n) is 6.39. The molecular weight excluding hydrogens is 514 g/mol. The topological polar surface area (TPSA) is 105 Å². The van der Waals surface area contributed by atoms with E-state index in [9.17, 15) is 9.59 Å². The number of pyridine rings is 1. The number of hydrogen-bond acceptors (Lipinski definition) is 6. The summed E-state index contributed by atoms with van der Waals surface area (Å²) in [6.07, 6.45) is 5.91. The van der Waals surface area contributed by atoms with Crippen molar-refractivity contribution in [2.45, 2.75) is 57.7 Å². The zero-order valence-electron chi connectivity index (χ0n) is 23.9. The summed E-state index contributed by atoms with van der Waals surface area (Å²) in [6, 6.07) is 15.6. The van der Waals surface area contributed by atoms with Crippen molar-refractivity contribution in [2.24, 2.45) is 13.0 Å². The van der Waals surface area contributed by atoms with Gasteiger partial charge in [0.25, 0.3) is 0 Å². The average molecular weight is 552 g/mol. The highest BCUT2D eigenvalue weighted by atomic mass is 16.2. The Labute approximate surface area is 240 Å². The lowest BCUT2D eigenvalue weighted by atomic mass is 9.94. The van der Waals surface area contributed by atoms with E-state index in [4.69, 9.17) is 0 Å². The second-order valence-electron chi connectivity index (χ2n) is 11.7. The summed E-state index contributed by atoms with van der Waals surface area (Å²) in [5.74, 6) is 0.348. The number of nitrogens with zero attached hydrogens (tertiary/aromatic N) is 5. The fourth-order valence-corrected chi connectivity index (χ4v) is 6.39. The van der Waals surface area contributed by atoms with Crippen molar-refractivity contribution in [1.29, 1.82) is 0 Å². The van der Waals surface area contributed by atoms with E-state index in [1.165, 1.54) is 22.3 Å². The molecule has 6 rings (SSSR count). The average Bonchev–Trinajstić information content (AvgIpc) is 3.72. The maximum absolute atomic E-state index is 13.9. The summed E-state index contributed by atoms with van der Waals surface area (Å²) >= 11 is 0. The molecule has 4 heterocycles. The summed E-state index contributed by atoms with van der Waals surface area (Å²) in [4.78, 5) is 33.7. The molecule has 0 saturated carbocycles. The lowest BCUT2D eigenvalue weighted by Crippen LogP contribution is -2.51. The van der Waals surface area contributed by atoms with Crippen LogP contribution in [0.25, 0.3) is 11.0 Å². The van der Waals surface area contributed by atoms with Gasteiger partial charge in [0.15, 0.2) is 0 Å². The maximum atomic E-state index is 13.9. The van der Waals surface area contributed by atoms with Crippen LogP contribution in [0.3, 0.4) is 0 Å². The van der Waals surface area contributed by atoms with Gasteiger partial charge in [0, 0.05) is 45.0 Å². The van der Waals surface area contributed by atoms with Crippen molar-refractivity contribution in [2.75, 3.05) is 13.1 Å². The number of amides is 2. The standard InChI is InChI=1S/C32H37N7O2/c1-20-4-6-22(7-5-20)12-24-14-30(31(40)35-16-23-8-9-29-27(13-23)36-37-38(29)3)39(19-24)32(41)28-15-25(17-34-28)26-18-33-11-10-21(26)2/h4-11,13,18,24-25,28,30,34H,12,14-17,19H2,1-3H3,(H,35,40)/t24-,25?,28-,30+/m1/s1. The first kappa shape index (κ1) is 27.1. The molecule has 2 fully saturated rings. The van der Waals surface area contributed by atoms with E-state index in [0.717, 1.165) is 29.6 Å². The molecule has 0 radical (unpaired) electrons. The molecule has 2 aliphatic heterocycles. The van der Waals surface area contributed by atoms with Crippen molar-refractivity contribution < 1.29 is 9.59 Å². The number of aryl methyl sites for hydroxylation is 3. The minimum absolute atomic E-state index is 0.0154. The van der Waals surface area contributed by atoms with Gasteiger partial charge < -0.3 is 15.5 Å². The number of likely N-dealkylation sites (tertiary alicyclic amines) is 1. The largest absolute Gasteiger partial charge is 0.350 e. The zero-order chi connectivity index (χ0) is 28.5. The summed E-state index contributed by atoms with van der Waals surface area (Å²) < 4.78 is 1.73.